The normalized spacial score (nSPS) is 14.4. The first kappa shape index (κ1) is 17.2. The van der Waals surface area contributed by atoms with Crippen LogP contribution in [0.5, 0.6) is 0 Å². The van der Waals surface area contributed by atoms with Crippen molar-refractivity contribution < 1.29 is 23.1 Å². The van der Waals surface area contributed by atoms with Crippen molar-refractivity contribution in [1.82, 2.24) is 10.6 Å². The van der Waals surface area contributed by atoms with Crippen molar-refractivity contribution in [2.75, 3.05) is 13.2 Å². The van der Waals surface area contributed by atoms with Gasteiger partial charge in [-0.15, -0.1) is 0 Å². The fraction of sp³-hybridized carbons (Fsp3) is 0.909. The van der Waals surface area contributed by atoms with E-state index in [9.17, 15) is 23.1 Å². The average Bonchev–Trinajstić information content (AvgIpc) is 2.32. The number of aliphatic hydroxyl groups excluding tert-OH is 1. The van der Waals surface area contributed by atoms with Gasteiger partial charge in [0.2, 0.25) is 5.91 Å². The summed E-state index contributed by atoms with van der Waals surface area (Å²) in [5.41, 5.74) is -0.630. The van der Waals surface area contributed by atoms with Crippen molar-refractivity contribution in [2.45, 2.75) is 51.4 Å². The lowest BCUT2D eigenvalue weighted by molar-refractivity contribution is -0.139. The van der Waals surface area contributed by atoms with Crippen molar-refractivity contribution in [3.8, 4) is 0 Å². The second-order valence-corrected chi connectivity index (χ2v) is 4.34. The molecular weight excluding hydrogens is 249 g/mol. The largest absolute Gasteiger partial charge is 0.405 e. The van der Waals surface area contributed by atoms with E-state index in [1.807, 2.05) is 19.2 Å². The topological polar surface area (TPSA) is 61.4 Å². The minimum absolute atomic E-state index is 0.170. The van der Waals surface area contributed by atoms with Crippen LogP contribution in [0.25, 0.3) is 0 Å². The molecule has 3 N–H and O–H groups in total. The molecule has 0 bridgehead atoms. The van der Waals surface area contributed by atoms with E-state index in [2.05, 4.69) is 5.32 Å². The van der Waals surface area contributed by atoms with Gasteiger partial charge in [-0.1, -0.05) is 13.8 Å². The highest BCUT2D eigenvalue weighted by atomic mass is 19.4. The van der Waals surface area contributed by atoms with Gasteiger partial charge < -0.3 is 10.4 Å². The maximum Gasteiger partial charge on any atom is 0.405 e. The molecule has 0 radical (unpaired) electrons. The van der Waals surface area contributed by atoms with E-state index in [0.29, 0.717) is 12.8 Å². The first-order chi connectivity index (χ1) is 8.19. The summed E-state index contributed by atoms with van der Waals surface area (Å²) in [6.07, 6.45) is -3.26. The molecule has 0 aromatic heterocycles. The zero-order valence-corrected chi connectivity index (χ0v) is 10.9. The molecule has 4 nitrogen and oxygen atoms in total. The molecule has 7 heteroatoms. The molecule has 1 atom stereocenters. The second kappa shape index (κ2) is 6.94. The Labute approximate surface area is 105 Å². The predicted molar refractivity (Wildman–Crippen MR) is 62.1 cm³/mol. The van der Waals surface area contributed by atoms with Crippen LogP contribution in [0, 0.1) is 0 Å². The van der Waals surface area contributed by atoms with Crippen LogP contribution < -0.4 is 10.6 Å². The lowest BCUT2D eigenvalue weighted by Gasteiger charge is -2.33. The molecule has 0 rings (SSSR count). The summed E-state index contributed by atoms with van der Waals surface area (Å²) in [5.74, 6) is -0.730. The molecule has 0 heterocycles. The van der Waals surface area contributed by atoms with Crippen molar-refractivity contribution in [3.05, 3.63) is 0 Å². The fourth-order valence-electron chi connectivity index (χ4n) is 1.59. The van der Waals surface area contributed by atoms with E-state index < -0.39 is 30.2 Å². The Balaban J connectivity index is 4.38. The summed E-state index contributed by atoms with van der Waals surface area (Å²) >= 11 is 0. The van der Waals surface area contributed by atoms with Crippen LogP contribution in [0.15, 0.2) is 0 Å². The minimum atomic E-state index is -4.42. The molecule has 1 unspecified atom stereocenters. The minimum Gasteiger partial charge on any atom is -0.394 e. The number of alkyl halides is 3. The number of rotatable bonds is 7. The summed E-state index contributed by atoms with van der Waals surface area (Å²) in [6, 6.07) is -0.792. The third kappa shape index (κ3) is 5.68. The lowest BCUT2D eigenvalue weighted by atomic mass is 9.93. The van der Waals surface area contributed by atoms with Crippen molar-refractivity contribution >= 4 is 5.91 Å². The van der Waals surface area contributed by atoms with Crippen LogP contribution in [-0.2, 0) is 4.79 Å². The van der Waals surface area contributed by atoms with Gasteiger partial charge in [0.1, 0.15) is 6.54 Å². The number of nitrogens with one attached hydrogen (secondary N) is 2. The molecule has 0 saturated heterocycles. The second-order valence-electron chi connectivity index (χ2n) is 4.34. The summed E-state index contributed by atoms with van der Waals surface area (Å²) in [7, 11) is 0. The van der Waals surface area contributed by atoms with Gasteiger partial charge in [0, 0.05) is 5.54 Å². The van der Waals surface area contributed by atoms with Gasteiger partial charge in [-0.2, -0.15) is 13.2 Å². The molecule has 108 valence electrons. The molecule has 0 aliphatic heterocycles. The quantitative estimate of drug-likeness (QED) is 0.651. The van der Waals surface area contributed by atoms with Gasteiger partial charge in [0.15, 0.2) is 0 Å². The van der Waals surface area contributed by atoms with E-state index in [1.54, 1.807) is 0 Å². The van der Waals surface area contributed by atoms with Gasteiger partial charge in [0.25, 0.3) is 0 Å². The number of amides is 1. The number of carbonyl (C=O) groups excluding carboxylic acids is 1. The van der Waals surface area contributed by atoms with Crippen LogP contribution in [0.2, 0.25) is 0 Å². The van der Waals surface area contributed by atoms with Crippen LogP contribution in [0.1, 0.15) is 33.6 Å². The Bertz CT molecular complexity index is 257. The summed E-state index contributed by atoms with van der Waals surface area (Å²) < 4.78 is 35.8. The highest BCUT2D eigenvalue weighted by Gasteiger charge is 2.31. The van der Waals surface area contributed by atoms with Gasteiger partial charge in [-0.3, -0.25) is 10.1 Å². The molecule has 0 aliphatic carbocycles. The van der Waals surface area contributed by atoms with Gasteiger partial charge in [-0.25, -0.2) is 0 Å². The maximum absolute atomic E-state index is 11.9. The van der Waals surface area contributed by atoms with E-state index in [-0.39, 0.29) is 6.61 Å². The molecule has 0 aromatic rings. The van der Waals surface area contributed by atoms with Gasteiger partial charge in [-0.05, 0) is 19.8 Å². The van der Waals surface area contributed by atoms with E-state index in [0.717, 1.165) is 0 Å². The predicted octanol–water partition coefficient (Wildman–Crippen LogP) is 1.19. The summed E-state index contributed by atoms with van der Waals surface area (Å²) in [6.45, 7) is 3.64. The summed E-state index contributed by atoms with van der Waals surface area (Å²) in [5, 5.41) is 14.0. The first-order valence-corrected chi connectivity index (χ1v) is 5.92. The Kier molecular flexibility index (Phi) is 6.62. The molecular formula is C11H21F3N2O2. The number of hydrogen-bond acceptors (Lipinski definition) is 3. The van der Waals surface area contributed by atoms with Crippen molar-refractivity contribution in [2.24, 2.45) is 0 Å². The third-order valence-electron chi connectivity index (χ3n) is 3.04. The molecule has 0 aliphatic rings. The molecule has 1 amide bonds. The van der Waals surface area contributed by atoms with Crippen LogP contribution in [0.3, 0.4) is 0 Å². The zero-order valence-electron chi connectivity index (χ0n) is 10.9. The van der Waals surface area contributed by atoms with E-state index in [4.69, 9.17) is 0 Å². The maximum atomic E-state index is 11.9. The van der Waals surface area contributed by atoms with Gasteiger partial charge >= 0.3 is 6.18 Å². The number of carbonyl (C=O) groups is 1. The monoisotopic (exact) mass is 270 g/mol. The molecule has 0 aromatic carbocycles. The van der Waals surface area contributed by atoms with Gasteiger partial charge in [0.05, 0.1) is 12.6 Å². The molecule has 18 heavy (non-hydrogen) atoms. The highest BCUT2D eigenvalue weighted by molar-refractivity contribution is 5.81. The van der Waals surface area contributed by atoms with Crippen molar-refractivity contribution in [1.29, 1.82) is 0 Å². The fourth-order valence-corrected chi connectivity index (χ4v) is 1.59. The standard InChI is InChI=1S/C11H21F3N2O2/c1-4-10(5-2,7-17)16-8(3)9(18)15-6-11(12,13)14/h8,16-17H,4-7H2,1-3H3,(H,15,18). The Hall–Kier alpha value is -0.820. The number of halogens is 3. The third-order valence-corrected chi connectivity index (χ3v) is 3.04. The van der Waals surface area contributed by atoms with Crippen molar-refractivity contribution in [3.63, 3.8) is 0 Å². The average molecular weight is 270 g/mol. The lowest BCUT2D eigenvalue weighted by Crippen LogP contribution is -2.56. The van der Waals surface area contributed by atoms with Crippen LogP contribution in [-0.4, -0.2) is 41.9 Å². The SMILES string of the molecule is CCC(CC)(CO)NC(C)C(=O)NCC(F)(F)F. The Morgan fingerprint density at radius 2 is 1.78 bits per heavy atom. The van der Waals surface area contributed by atoms with E-state index in [1.165, 1.54) is 6.92 Å². The van der Waals surface area contributed by atoms with E-state index >= 15 is 0 Å². The number of hydrogen-bond donors (Lipinski definition) is 3. The first-order valence-electron chi connectivity index (χ1n) is 5.92. The Morgan fingerprint density at radius 1 is 1.28 bits per heavy atom. The molecule has 0 fully saturated rings. The van der Waals surface area contributed by atoms with Crippen LogP contribution in [0.4, 0.5) is 13.2 Å². The summed E-state index contributed by atoms with van der Waals surface area (Å²) in [4.78, 5) is 11.5. The Morgan fingerprint density at radius 3 is 2.11 bits per heavy atom. The molecule has 0 spiro atoms. The van der Waals surface area contributed by atoms with Crippen LogP contribution >= 0.6 is 0 Å². The number of aliphatic hydroxyl groups is 1. The smallest absolute Gasteiger partial charge is 0.394 e. The molecule has 0 saturated carbocycles. The highest BCUT2D eigenvalue weighted by Crippen LogP contribution is 2.15. The zero-order chi connectivity index (χ0) is 14.4.